The summed E-state index contributed by atoms with van der Waals surface area (Å²) in [4.78, 5) is 6.37. The minimum atomic E-state index is 0.405. The quantitative estimate of drug-likeness (QED) is 0.367. The Morgan fingerprint density at radius 3 is 1.31 bits per heavy atom. The number of nitrogens with zero attached hydrogens (tertiary/aromatic N) is 2. The number of amidine groups is 2. The van der Waals surface area contributed by atoms with Gasteiger partial charge in [-0.25, -0.2) is 5.06 Å². The van der Waals surface area contributed by atoms with Gasteiger partial charge in [0.25, 0.3) is 0 Å². The van der Waals surface area contributed by atoms with Crippen LogP contribution in [0.15, 0.2) is 0 Å². The molecule has 0 aromatic rings. The van der Waals surface area contributed by atoms with Crippen LogP contribution in [0.25, 0.3) is 0 Å². The normalized spacial score (nSPS) is 8.15. The third-order valence-electron chi connectivity index (χ3n) is 1.42. The fourth-order valence-corrected chi connectivity index (χ4v) is 0.137. The maximum absolute atomic E-state index is 6.90. The van der Waals surface area contributed by atoms with Crippen molar-refractivity contribution < 1.29 is 4.84 Å². The van der Waals surface area contributed by atoms with Crippen LogP contribution in [-0.2, 0) is 4.84 Å². The van der Waals surface area contributed by atoms with Crippen molar-refractivity contribution in [3.63, 3.8) is 0 Å². The number of hydrogen-bond acceptors (Lipinski definition) is 3. The highest BCUT2D eigenvalue weighted by Crippen LogP contribution is 1.79. The first-order valence-corrected chi connectivity index (χ1v) is 3.88. The zero-order chi connectivity index (χ0) is 11.0. The van der Waals surface area contributed by atoms with Gasteiger partial charge in [-0.15, -0.1) is 0 Å². The highest BCUT2D eigenvalue weighted by molar-refractivity contribution is 5.75. The molecule has 0 rings (SSSR count). The van der Waals surface area contributed by atoms with E-state index < -0.39 is 0 Å². The average molecular weight is 188 g/mol. The van der Waals surface area contributed by atoms with Crippen molar-refractivity contribution in [3.8, 4) is 0 Å². The van der Waals surface area contributed by atoms with Crippen LogP contribution in [0.2, 0.25) is 0 Å². The molecule has 0 aliphatic heterocycles. The van der Waals surface area contributed by atoms with Gasteiger partial charge in [0.15, 0.2) is 0 Å². The topological polar surface area (TPSA) is 63.4 Å². The summed E-state index contributed by atoms with van der Waals surface area (Å²) in [5.41, 5.74) is 0. The monoisotopic (exact) mass is 188 g/mol. The first kappa shape index (κ1) is 14.4. The molecular weight excluding hydrogens is 168 g/mol. The van der Waals surface area contributed by atoms with Crippen molar-refractivity contribution in [2.45, 2.75) is 13.8 Å². The lowest BCUT2D eigenvalue weighted by Crippen LogP contribution is -2.21. The SMILES string of the molecule is CC(=N)N(C)C.CON(C)C(C)=N. The van der Waals surface area contributed by atoms with Gasteiger partial charge in [-0.3, -0.25) is 15.7 Å². The van der Waals surface area contributed by atoms with E-state index in [1.165, 1.54) is 12.2 Å². The van der Waals surface area contributed by atoms with E-state index in [0.29, 0.717) is 11.7 Å². The maximum atomic E-state index is 6.90. The summed E-state index contributed by atoms with van der Waals surface area (Å²) in [5, 5.41) is 15.2. The first-order valence-electron chi connectivity index (χ1n) is 3.88. The molecule has 0 aromatic heterocycles. The van der Waals surface area contributed by atoms with Crippen LogP contribution >= 0.6 is 0 Å². The molecule has 0 aliphatic rings. The van der Waals surface area contributed by atoms with Gasteiger partial charge >= 0.3 is 0 Å². The lowest BCUT2D eigenvalue weighted by Gasteiger charge is -2.11. The third-order valence-corrected chi connectivity index (χ3v) is 1.42. The van der Waals surface area contributed by atoms with Gasteiger partial charge in [-0.2, -0.15) is 0 Å². The van der Waals surface area contributed by atoms with Crippen molar-refractivity contribution in [1.82, 2.24) is 9.96 Å². The van der Waals surface area contributed by atoms with Crippen LogP contribution in [-0.4, -0.2) is 49.9 Å². The predicted octanol–water partition coefficient (Wildman–Crippen LogP) is 1.02. The van der Waals surface area contributed by atoms with Gasteiger partial charge in [0.2, 0.25) is 0 Å². The molecule has 5 nitrogen and oxygen atoms in total. The number of rotatable bonds is 1. The van der Waals surface area contributed by atoms with Crippen LogP contribution in [0.1, 0.15) is 13.8 Å². The van der Waals surface area contributed by atoms with Crippen LogP contribution in [0.4, 0.5) is 0 Å². The molecule has 0 aliphatic carbocycles. The molecule has 0 amide bonds. The molecule has 0 heterocycles. The standard InChI is InChI=1S/C4H10N2O.C4H10N2/c1-4(5)6(2)7-3;1-4(5)6(2)3/h5H,1-3H3;5H,1-3H3. The highest BCUT2D eigenvalue weighted by atomic mass is 16.7. The predicted molar refractivity (Wildman–Crippen MR) is 55.3 cm³/mol. The molecule has 5 heteroatoms. The second-order valence-electron chi connectivity index (χ2n) is 2.75. The van der Waals surface area contributed by atoms with Crippen LogP contribution in [0.3, 0.4) is 0 Å². The molecule has 0 bridgehead atoms. The highest BCUT2D eigenvalue weighted by Gasteiger charge is 1.90. The van der Waals surface area contributed by atoms with Crippen LogP contribution < -0.4 is 0 Å². The summed E-state index contributed by atoms with van der Waals surface area (Å²) in [6, 6.07) is 0. The zero-order valence-corrected chi connectivity index (χ0v) is 9.30. The van der Waals surface area contributed by atoms with E-state index in [-0.39, 0.29) is 0 Å². The van der Waals surface area contributed by atoms with Crippen molar-refractivity contribution >= 4 is 11.7 Å². The Morgan fingerprint density at radius 2 is 1.31 bits per heavy atom. The Morgan fingerprint density at radius 1 is 1.00 bits per heavy atom. The molecule has 2 N–H and O–H groups in total. The molecule has 78 valence electrons. The third kappa shape index (κ3) is 10.9. The molecule has 0 saturated heterocycles. The molecule has 0 spiro atoms. The molecule has 0 radical (unpaired) electrons. The number of hydroxylamine groups is 2. The zero-order valence-electron chi connectivity index (χ0n) is 9.30. The Bertz CT molecular complexity index is 168. The number of hydrogen-bond donors (Lipinski definition) is 2. The lowest BCUT2D eigenvalue weighted by molar-refractivity contribution is -0.0430. The van der Waals surface area contributed by atoms with Crippen molar-refractivity contribution in [3.05, 3.63) is 0 Å². The molecular formula is C8H20N4O. The van der Waals surface area contributed by atoms with Crippen molar-refractivity contribution in [2.24, 2.45) is 0 Å². The summed E-state index contributed by atoms with van der Waals surface area (Å²) < 4.78 is 0. The molecule has 0 atom stereocenters. The summed E-state index contributed by atoms with van der Waals surface area (Å²) in [6.07, 6.45) is 0. The van der Waals surface area contributed by atoms with Crippen molar-refractivity contribution in [2.75, 3.05) is 28.3 Å². The van der Waals surface area contributed by atoms with Gasteiger partial charge in [-0.1, -0.05) is 0 Å². The molecule has 0 aromatic carbocycles. The smallest absolute Gasteiger partial charge is 0.117 e. The fourth-order valence-electron chi connectivity index (χ4n) is 0.137. The largest absolute Gasteiger partial charge is 0.367 e. The summed E-state index contributed by atoms with van der Waals surface area (Å²) in [7, 11) is 6.91. The van der Waals surface area contributed by atoms with E-state index in [0.717, 1.165) is 0 Å². The Hall–Kier alpha value is -1.10. The van der Waals surface area contributed by atoms with Gasteiger partial charge in [0.05, 0.1) is 12.9 Å². The van der Waals surface area contributed by atoms with E-state index in [1.54, 1.807) is 25.8 Å². The van der Waals surface area contributed by atoms with E-state index in [2.05, 4.69) is 4.84 Å². The summed E-state index contributed by atoms with van der Waals surface area (Å²) in [6.45, 7) is 3.41. The second-order valence-corrected chi connectivity index (χ2v) is 2.75. The Balaban J connectivity index is 0. The lowest BCUT2D eigenvalue weighted by atomic mass is 10.6. The fraction of sp³-hybridized carbons (Fsp3) is 0.750. The second kappa shape index (κ2) is 7.54. The summed E-state index contributed by atoms with van der Waals surface area (Å²) in [5.74, 6) is 0.998. The molecule has 13 heavy (non-hydrogen) atoms. The van der Waals surface area contributed by atoms with E-state index >= 15 is 0 Å². The van der Waals surface area contributed by atoms with Gasteiger partial charge in [0, 0.05) is 21.1 Å². The van der Waals surface area contributed by atoms with Crippen LogP contribution in [0, 0.1) is 10.8 Å². The molecule has 0 fully saturated rings. The Labute approximate surface area is 80.3 Å². The van der Waals surface area contributed by atoms with Crippen LogP contribution in [0.5, 0.6) is 0 Å². The average Bonchev–Trinajstić information content (AvgIpc) is 2.03. The van der Waals surface area contributed by atoms with Crippen molar-refractivity contribution in [1.29, 1.82) is 10.8 Å². The molecule has 0 unspecified atom stereocenters. The minimum absolute atomic E-state index is 0.405. The van der Waals surface area contributed by atoms with E-state index in [4.69, 9.17) is 10.8 Å². The molecule has 0 saturated carbocycles. The van der Waals surface area contributed by atoms with Gasteiger partial charge < -0.3 is 4.90 Å². The minimum Gasteiger partial charge on any atom is -0.367 e. The van der Waals surface area contributed by atoms with Gasteiger partial charge in [-0.05, 0) is 13.8 Å². The van der Waals surface area contributed by atoms with E-state index in [9.17, 15) is 0 Å². The Kier molecular flexibility index (Phi) is 8.37. The number of nitrogens with one attached hydrogen (secondary N) is 2. The van der Waals surface area contributed by atoms with E-state index in [1.807, 2.05) is 14.1 Å². The van der Waals surface area contributed by atoms with Gasteiger partial charge in [0.1, 0.15) is 5.84 Å². The summed E-state index contributed by atoms with van der Waals surface area (Å²) >= 11 is 0. The maximum Gasteiger partial charge on any atom is 0.117 e. The first-order chi connectivity index (χ1) is 5.82.